The zero-order chi connectivity index (χ0) is 76.0. The lowest BCUT2D eigenvalue weighted by atomic mass is 9.52. The summed E-state index contributed by atoms with van der Waals surface area (Å²) < 4.78 is 24.7. The van der Waals surface area contributed by atoms with E-state index in [1.54, 1.807) is 7.11 Å². The fraction of sp³-hybridized carbons (Fsp3) is 0.521. The van der Waals surface area contributed by atoms with Crippen molar-refractivity contribution in [2.24, 2.45) is 23.7 Å². The molecule has 4 aliphatic heterocycles. The number of piperidine rings is 4. The van der Waals surface area contributed by atoms with Gasteiger partial charge in [0.25, 0.3) is 0 Å². The summed E-state index contributed by atoms with van der Waals surface area (Å²) in [6, 6.07) is 50.1. The van der Waals surface area contributed by atoms with Crippen LogP contribution in [0.25, 0.3) is 0 Å². The maximum Gasteiger partial charge on any atom is 0.410 e. The molecule has 0 radical (unpaired) electrons. The Morgan fingerprint density at radius 2 is 0.798 bits per heavy atom. The van der Waals surface area contributed by atoms with E-state index in [2.05, 4.69) is 148 Å². The number of ether oxygens (including phenoxy) is 4. The highest BCUT2D eigenvalue weighted by Crippen LogP contribution is 2.60. The molecule has 8 bridgehead atoms. The van der Waals surface area contributed by atoms with Crippen molar-refractivity contribution in [3.63, 3.8) is 0 Å². The number of halogens is 6. The van der Waals surface area contributed by atoms with Crippen LogP contribution in [0.3, 0.4) is 0 Å². The summed E-state index contributed by atoms with van der Waals surface area (Å²) in [7, 11) is 1.76. The molecule has 7 aromatic carbocycles. The number of phenols is 3. The van der Waals surface area contributed by atoms with Crippen LogP contribution in [-0.2, 0) is 81.4 Å². The number of nitrogens with one attached hydrogen (secondary N) is 2. The number of fused-ring (bicyclic) bond motifs is 4. The summed E-state index contributed by atoms with van der Waals surface area (Å²) in [4.78, 5) is 42.3. The molecule has 4 unspecified atom stereocenters. The van der Waals surface area contributed by atoms with Gasteiger partial charge in [-0.1, -0.05) is 201 Å². The second kappa shape index (κ2) is 41.6. The second-order valence-electron chi connectivity index (χ2n) is 32.5. The van der Waals surface area contributed by atoms with Crippen LogP contribution in [0.1, 0.15) is 219 Å². The predicted molar refractivity (Wildman–Crippen MR) is 501 cm³/mol. The van der Waals surface area contributed by atoms with E-state index in [9.17, 15) is 29.7 Å². The van der Waals surface area contributed by atoms with E-state index in [-0.39, 0.29) is 88.4 Å². The number of benzene rings is 7. The van der Waals surface area contributed by atoms with E-state index < -0.39 is 5.43 Å². The van der Waals surface area contributed by atoms with Crippen molar-refractivity contribution >= 4 is 137 Å². The first-order valence-electron chi connectivity index (χ1n) is 39.9. The number of aromatic hydroxyl groups is 3. The minimum Gasteiger partial charge on any atom is -0.508 e. The van der Waals surface area contributed by atoms with Crippen molar-refractivity contribution < 1.29 is 48.7 Å². The molecule has 14 nitrogen and oxygen atoms in total. The SMILES string of the molecule is Br.C.C.C.C.CI.COc1cc2c(cc1I)C[C@H]1C3CCCC[C@@]23CCN1C(=O)OCc1ccccc1.O=C(Cl)OCc1ccccc1.O=C(OCc1ccccc1)N1CC[C@@]23CCCCC2[C@@H]1Cc1cc(I)c(O)cc13.Oc1cc2c(cc1I)C[C@@H]1NCC[C@]23CCCCC13.Oc1ccc2c(c1)[C@]13CCCCC1[C@H](C2)NCC3. The number of hydrogen-bond acceptors (Lipinski definition) is 12. The minimum absolute atomic E-state index is 0. The number of nitrogens with zero attached hydrogens (tertiary/aromatic N) is 2. The van der Waals surface area contributed by atoms with E-state index in [0.29, 0.717) is 65.2 Å². The molecule has 4 saturated heterocycles. The van der Waals surface area contributed by atoms with Gasteiger partial charge in [0.15, 0.2) is 0 Å². The zero-order valence-electron chi connectivity index (χ0n) is 63.3. The molecule has 12 atom stereocenters. The van der Waals surface area contributed by atoms with Crippen LogP contribution in [0.2, 0.25) is 0 Å². The van der Waals surface area contributed by atoms with E-state index in [0.717, 1.165) is 123 Å². The van der Waals surface area contributed by atoms with Crippen LogP contribution >= 0.6 is 119 Å². The summed E-state index contributed by atoms with van der Waals surface area (Å²) >= 11 is 13.9. The van der Waals surface area contributed by atoms with Crippen LogP contribution in [0.4, 0.5) is 14.4 Å². The largest absolute Gasteiger partial charge is 0.508 e. The Labute approximate surface area is 750 Å². The van der Waals surface area contributed by atoms with Crippen molar-refractivity contribution in [1.82, 2.24) is 20.4 Å². The first-order chi connectivity index (χ1) is 53.0. The lowest BCUT2D eigenvalue weighted by Gasteiger charge is -2.58. The topological polar surface area (TPSA) is 179 Å². The molecule has 114 heavy (non-hydrogen) atoms. The Morgan fingerprint density at radius 1 is 0.439 bits per heavy atom. The summed E-state index contributed by atoms with van der Waals surface area (Å²) in [5.74, 6) is 4.88. The molecule has 4 saturated carbocycles. The van der Waals surface area contributed by atoms with Gasteiger partial charge in [0.2, 0.25) is 0 Å². The highest BCUT2D eigenvalue weighted by atomic mass is 127. The highest BCUT2D eigenvalue weighted by Gasteiger charge is 2.58. The first-order valence-corrected chi connectivity index (χ1v) is 45.7. The average Bonchev–Trinajstić information content (AvgIpc) is 0.731. The average molecular weight is 2090 g/mol. The Bertz CT molecular complexity index is 4350. The van der Waals surface area contributed by atoms with Gasteiger partial charge >= 0.3 is 17.6 Å². The van der Waals surface area contributed by atoms with Gasteiger partial charge in [-0.25, -0.2) is 14.4 Å². The van der Waals surface area contributed by atoms with Crippen LogP contribution in [0.15, 0.2) is 146 Å². The molecule has 20 heteroatoms. The Balaban J connectivity index is 0.000000166. The van der Waals surface area contributed by atoms with Crippen LogP contribution < -0.4 is 15.4 Å². The molecule has 8 fully saturated rings. The number of hydrogen-bond donors (Lipinski definition) is 5. The fourth-order valence-electron chi connectivity index (χ4n) is 22.8. The number of rotatable bonds is 7. The van der Waals surface area contributed by atoms with Crippen molar-refractivity contribution in [3.05, 3.63) is 218 Å². The molecule has 4 heterocycles. The molecular weight excluding hydrogens is 1970 g/mol. The lowest BCUT2D eigenvalue weighted by Crippen LogP contribution is -2.62. The molecule has 2 amide bonds. The number of carbonyl (C=O) groups is 3. The van der Waals surface area contributed by atoms with Gasteiger partial charge < -0.3 is 54.7 Å². The quantitative estimate of drug-likeness (QED) is 0.0442. The number of methoxy groups -OCH3 is 1. The predicted octanol–water partition coefficient (Wildman–Crippen LogP) is 23.9. The van der Waals surface area contributed by atoms with Crippen molar-refractivity contribution in [3.8, 4) is 23.0 Å². The Hall–Kier alpha value is -4.64. The summed E-state index contributed by atoms with van der Waals surface area (Å²) in [5, 5.41) is 37.9. The van der Waals surface area contributed by atoms with E-state index in [1.165, 1.54) is 147 Å². The number of alkyl halides is 1. The Kier molecular flexibility index (Phi) is 34.0. The second-order valence-corrected chi connectivity index (χ2v) is 36.3. The summed E-state index contributed by atoms with van der Waals surface area (Å²) in [6.07, 6.45) is 28.8. The number of carbonyl (C=O) groups excluding carboxylic acids is 3. The number of amides is 2. The van der Waals surface area contributed by atoms with E-state index in [4.69, 9.17) is 25.8 Å². The first kappa shape index (κ1) is 93.2. The molecule has 19 rings (SSSR count). The molecule has 620 valence electrons. The third-order valence-corrected chi connectivity index (χ3v) is 30.1. The molecule has 5 N–H and O–H groups in total. The fourth-order valence-corrected chi connectivity index (χ4v) is 24.7. The normalized spacial score (nSPS) is 27.1. The van der Waals surface area contributed by atoms with Gasteiger partial charge in [0.1, 0.15) is 42.8 Å². The van der Waals surface area contributed by atoms with Crippen molar-refractivity contribution in [1.29, 1.82) is 0 Å². The van der Waals surface area contributed by atoms with Gasteiger partial charge in [-0.15, -0.1) is 17.0 Å². The molecule has 0 aromatic heterocycles. The van der Waals surface area contributed by atoms with Crippen molar-refractivity contribution in [2.45, 2.75) is 249 Å². The molecule has 0 spiro atoms. The number of phenolic OH excluding ortho intramolecular Hbond substituents is 3. The van der Waals surface area contributed by atoms with Gasteiger partial charge in [0, 0.05) is 70.5 Å². The molecule has 7 aromatic rings. The van der Waals surface area contributed by atoms with Crippen LogP contribution in [0.5, 0.6) is 23.0 Å². The third kappa shape index (κ3) is 19.2. The maximum absolute atomic E-state index is 13.1. The van der Waals surface area contributed by atoms with Gasteiger partial charge in [-0.2, -0.15) is 0 Å². The standard InChI is InChI=1S/C25H28INO3.C24H26INO3.C16H20INO.C16H21NO.C8H7ClO2.CH3I.4CH4.BrH/c1-29-23-15-20-18(13-21(23)26)14-22-19-9-5-6-10-25(19,20)11-12-27(22)24(28)30-16-17-7-3-2-4-8-17;25-20-12-17-13-21-18-8-4-5-9-24(18,19(17)14-22(20)27)10-11-26(21)23(28)29-15-16-6-2-1-3-7-16;17-13-7-10-8-14-11-3-1-2-4-16(11,5-6-18-14)12(10)9-15(13)19;18-12-5-4-11-9-15-13-3-1-2-6-16(13,7-8-17-15)14(11)10-12;9-8(10)11-6-7-4-2-1-3-5-7;1-2;;;;;/h2-4,7-8,13,15,19,22H,5-6,9-12,14,16H2,1H3;1-3,6-7,12,14,18,21,27H,4-5,8-11,13,15H2;7,9,11,14,18-19H,1-6,8H2;4-5,10,13,15,17-18H,1-3,6-9H2;1-5H,6H2;1H3;4*1H4;1H/t19?,22-,25-;18?,21-,24-;11?,14-,16-;13?,15-,16-;;;;;;;/m0000......./s1. The summed E-state index contributed by atoms with van der Waals surface area (Å²) in [6.45, 7) is 4.71. The number of likely N-dealkylation sites (tertiary alicyclic amines) is 2. The van der Waals surface area contributed by atoms with E-state index in [1.807, 2.05) is 118 Å². The Morgan fingerprint density at radius 3 is 1.21 bits per heavy atom. The highest BCUT2D eigenvalue weighted by molar-refractivity contribution is 14.1. The smallest absolute Gasteiger partial charge is 0.410 e. The van der Waals surface area contributed by atoms with E-state index >= 15 is 0 Å². The van der Waals surface area contributed by atoms with Gasteiger partial charge in [-0.3, -0.25) is 0 Å². The molecular formula is C94H122BrClI4N4O10. The molecule has 8 aliphatic carbocycles. The van der Waals surface area contributed by atoms with Crippen LogP contribution in [-0.4, -0.2) is 105 Å². The van der Waals surface area contributed by atoms with Gasteiger partial charge in [0.05, 0.1) is 17.8 Å². The van der Waals surface area contributed by atoms with Crippen molar-refractivity contribution in [2.75, 3.05) is 38.2 Å². The molecule has 12 aliphatic rings. The minimum atomic E-state index is -0.770. The lowest BCUT2D eigenvalue weighted by molar-refractivity contribution is -0.0140. The maximum atomic E-state index is 13.1. The summed E-state index contributed by atoms with van der Waals surface area (Å²) in [5.41, 5.74) is 14.7. The van der Waals surface area contributed by atoms with Crippen LogP contribution in [0, 0.1) is 34.4 Å². The monoisotopic (exact) mass is 2090 g/mol. The zero-order valence-corrected chi connectivity index (χ0v) is 74.4. The van der Waals surface area contributed by atoms with Gasteiger partial charge in [-0.05, 0) is 322 Å². The third-order valence-electron chi connectivity index (χ3n) is 27.4.